The highest BCUT2D eigenvalue weighted by molar-refractivity contribution is 7.47. The van der Waals surface area contributed by atoms with Gasteiger partial charge in [0.1, 0.15) is 12.7 Å². The van der Waals surface area contributed by atoms with E-state index < -0.39 is 57.8 Å². The molecule has 12 heteroatoms. The highest BCUT2D eigenvalue weighted by atomic mass is 31.2. The first kappa shape index (κ1) is 66.2. The third-order valence-electron chi connectivity index (χ3n) is 12.7. The van der Waals surface area contributed by atoms with Crippen molar-refractivity contribution < 1.29 is 52.2 Å². The molecule has 0 radical (unpaired) electrons. The van der Waals surface area contributed by atoms with E-state index in [0.717, 1.165) is 77.0 Å². The summed E-state index contributed by atoms with van der Waals surface area (Å²) in [6.45, 7) is 4.67. The minimum atomic E-state index is -4.74. The molecule has 2 N–H and O–H groups in total. The third-order valence-corrected chi connectivity index (χ3v) is 13.6. The first-order valence-corrected chi connectivity index (χ1v) is 30.1. The number of allylic oxidation sites excluding steroid dienone is 2. The van der Waals surface area contributed by atoms with Crippen molar-refractivity contribution in [3.05, 3.63) is 12.2 Å². The highest BCUT2D eigenvalue weighted by Crippen LogP contribution is 2.43. The second-order valence-corrected chi connectivity index (χ2v) is 20.9. The number of carbonyl (C=O) groups is 3. The van der Waals surface area contributed by atoms with Gasteiger partial charge in [-0.25, -0.2) is 4.57 Å². The molecule has 0 spiro atoms. The number of ether oxygens (including phenoxy) is 3. The van der Waals surface area contributed by atoms with Crippen molar-refractivity contribution in [1.82, 2.24) is 0 Å². The van der Waals surface area contributed by atoms with E-state index in [2.05, 4.69) is 32.9 Å². The number of rotatable bonds is 54. The fourth-order valence-electron chi connectivity index (χ4n) is 8.29. The maximum Gasteiger partial charge on any atom is 0.472 e. The first-order chi connectivity index (χ1) is 33.2. The molecule has 0 aliphatic heterocycles. The van der Waals surface area contributed by atoms with E-state index in [0.29, 0.717) is 19.3 Å². The van der Waals surface area contributed by atoms with Gasteiger partial charge >= 0.3 is 25.7 Å². The zero-order valence-corrected chi connectivity index (χ0v) is 45.2. The van der Waals surface area contributed by atoms with Crippen molar-refractivity contribution in [2.24, 2.45) is 0 Å². The number of carbonyl (C=O) groups excluding carboxylic acids is 3. The van der Waals surface area contributed by atoms with Crippen molar-refractivity contribution in [2.75, 3.05) is 26.4 Å². The molecule has 11 nitrogen and oxygen atoms in total. The molecule has 0 saturated heterocycles. The van der Waals surface area contributed by atoms with Crippen molar-refractivity contribution in [2.45, 2.75) is 303 Å². The molecule has 0 amide bonds. The second-order valence-electron chi connectivity index (χ2n) is 19.5. The van der Waals surface area contributed by atoms with Crippen LogP contribution >= 0.6 is 7.82 Å². The first-order valence-electron chi connectivity index (χ1n) is 28.6. The number of aliphatic hydroxyl groups excluding tert-OH is 1. The van der Waals surface area contributed by atoms with E-state index in [1.54, 1.807) is 0 Å². The summed E-state index contributed by atoms with van der Waals surface area (Å²) in [7, 11) is -4.74. The van der Waals surface area contributed by atoms with Crippen LogP contribution in [-0.2, 0) is 42.2 Å². The fourth-order valence-corrected chi connectivity index (χ4v) is 9.08. The second kappa shape index (κ2) is 51.6. The number of hydrogen-bond acceptors (Lipinski definition) is 10. The number of phosphoric acid groups is 1. The van der Waals surface area contributed by atoms with E-state index in [1.165, 1.54) is 154 Å². The molecule has 0 fully saturated rings. The SMILES string of the molecule is CCCCCCCC/C=C\CCCCCCCC(=O)OC(COC(=O)CCCCCCCCCCCCC)COP(=O)(O)OCC(CO)OC(=O)CCCCCCCCCCCCCCCCC. The lowest BCUT2D eigenvalue weighted by Gasteiger charge is -2.21. The Morgan fingerprint density at radius 2 is 0.676 bits per heavy atom. The van der Waals surface area contributed by atoms with Crippen LogP contribution in [0.5, 0.6) is 0 Å². The van der Waals surface area contributed by atoms with Crippen LogP contribution in [0.1, 0.15) is 290 Å². The number of hydrogen-bond donors (Lipinski definition) is 2. The van der Waals surface area contributed by atoms with Gasteiger partial charge in [0.05, 0.1) is 19.8 Å². The van der Waals surface area contributed by atoms with Gasteiger partial charge in [-0.3, -0.25) is 23.4 Å². The number of aliphatic hydroxyl groups is 1. The van der Waals surface area contributed by atoms with Gasteiger partial charge < -0.3 is 24.2 Å². The predicted molar refractivity (Wildman–Crippen MR) is 280 cm³/mol. The van der Waals surface area contributed by atoms with Crippen LogP contribution in [0.15, 0.2) is 12.2 Å². The van der Waals surface area contributed by atoms with Gasteiger partial charge in [-0.05, 0) is 44.9 Å². The summed E-state index contributed by atoms with van der Waals surface area (Å²) in [6, 6.07) is 0. The lowest BCUT2D eigenvalue weighted by molar-refractivity contribution is -0.161. The monoisotopic (exact) mass is 987 g/mol. The molecule has 0 aliphatic rings. The van der Waals surface area contributed by atoms with Gasteiger partial charge in [0.15, 0.2) is 6.10 Å². The molecular weight excluding hydrogens is 880 g/mol. The molecule has 0 aromatic carbocycles. The molecule has 3 unspecified atom stereocenters. The minimum absolute atomic E-state index is 0.164. The van der Waals surface area contributed by atoms with Gasteiger partial charge in [0.25, 0.3) is 0 Å². The molecule has 3 atom stereocenters. The van der Waals surface area contributed by atoms with Gasteiger partial charge in [-0.1, -0.05) is 238 Å². The van der Waals surface area contributed by atoms with Gasteiger partial charge in [0, 0.05) is 19.3 Å². The third kappa shape index (κ3) is 49.2. The summed E-state index contributed by atoms with van der Waals surface area (Å²) in [4.78, 5) is 48.4. The molecule has 0 aromatic rings. The highest BCUT2D eigenvalue weighted by Gasteiger charge is 2.28. The molecule has 0 aromatic heterocycles. The molecule has 0 saturated carbocycles. The maximum atomic E-state index is 12.9. The number of unbranched alkanes of at least 4 members (excludes halogenated alkanes) is 35. The van der Waals surface area contributed by atoms with Crippen LogP contribution in [0.3, 0.4) is 0 Å². The lowest BCUT2D eigenvalue weighted by atomic mass is 10.0. The molecule has 0 aliphatic carbocycles. The van der Waals surface area contributed by atoms with Crippen LogP contribution in [0.4, 0.5) is 0 Å². The standard InChI is InChI=1S/C56H107O11P/c1-4-7-10-13-16-19-22-24-26-28-31-34-37-40-43-46-55(59)66-52(48-57)50-64-68(61,62)65-51-53(49-63-54(58)45-42-39-36-33-30-21-18-15-12-9-6-3)67-56(60)47-44-41-38-35-32-29-27-25-23-20-17-14-11-8-5-2/h25,27,52-53,57H,4-24,26,28-51H2,1-3H3,(H,61,62)/b27-25-. The molecular formula is C56H107O11P. The van der Waals surface area contributed by atoms with Crippen molar-refractivity contribution in [3.63, 3.8) is 0 Å². The summed E-state index contributed by atoms with van der Waals surface area (Å²) >= 11 is 0. The van der Waals surface area contributed by atoms with Crippen molar-refractivity contribution in [1.29, 1.82) is 0 Å². The van der Waals surface area contributed by atoms with Gasteiger partial charge in [-0.2, -0.15) is 0 Å². The summed E-state index contributed by atoms with van der Waals surface area (Å²) in [5, 5.41) is 9.80. The number of esters is 3. The van der Waals surface area contributed by atoms with E-state index in [1.807, 2.05) is 0 Å². The Kier molecular flexibility index (Phi) is 50.2. The summed E-state index contributed by atoms with van der Waals surface area (Å²) in [6.07, 6.45) is 48.8. The molecule has 0 bridgehead atoms. The van der Waals surface area contributed by atoms with Crippen LogP contribution in [-0.4, -0.2) is 66.5 Å². The smallest absolute Gasteiger partial charge is 0.462 e. The summed E-state index contributed by atoms with van der Waals surface area (Å²) in [5.41, 5.74) is 0. The van der Waals surface area contributed by atoms with Crippen LogP contribution in [0, 0.1) is 0 Å². The topological polar surface area (TPSA) is 155 Å². The Morgan fingerprint density at radius 3 is 1.01 bits per heavy atom. The molecule has 402 valence electrons. The average Bonchev–Trinajstić information content (AvgIpc) is 3.32. The Labute approximate surface area is 417 Å². The van der Waals surface area contributed by atoms with Crippen LogP contribution in [0.2, 0.25) is 0 Å². The zero-order valence-electron chi connectivity index (χ0n) is 44.4. The van der Waals surface area contributed by atoms with E-state index in [4.69, 9.17) is 23.3 Å². The van der Waals surface area contributed by atoms with Gasteiger partial charge in [-0.15, -0.1) is 0 Å². The molecule has 0 rings (SSSR count). The minimum Gasteiger partial charge on any atom is -0.462 e. The Balaban J connectivity index is 4.65. The quantitative estimate of drug-likeness (QED) is 0.0197. The van der Waals surface area contributed by atoms with E-state index in [-0.39, 0.29) is 25.9 Å². The normalized spacial score (nSPS) is 13.4. The fraction of sp³-hybridized carbons (Fsp3) is 0.911. The Morgan fingerprint density at radius 1 is 0.397 bits per heavy atom. The Bertz CT molecular complexity index is 1200. The lowest BCUT2D eigenvalue weighted by Crippen LogP contribution is -2.30. The largest absolute Gasteiger partial charge is 0.472 e. The summed E-state index contributed by atoms with van der Waals surface area (Å²) < 4.78 is 39.5. The van der Waals surface area contributed by atoms with Crippen LogP contribution < -0.4 is 0 Å². The predicted octanol–water partition coefficient (Wildman–Crippen LogP) is 16.5. The molecule has 0 heterocycles. The van der Waals surface area contributed by atoms with Crippen molar-refractivity contribution >= 4 is 25.7 Å². The molecule has 68 heavy (non-hydrogen) atoms. The van der Waals surface area contributed by atoms with Gasteiger partial charge in [0.2, 0.25) is 0 Å². The maximum absolute atomic E-state index is 12.9. The zero-order chi connectivity index (χ0) is 49.9. The average molecular weight is 987 g/mol. The van der Waals surface area contributed by atoms with E-state index >= 15 is 0 Å². The Hall–Kier alpha value is -1.78. The summed E-state index contributed by atoms with van der Waals surface area (Å²) in [5.74, 6) is -1.45. The van der Waals surface area contributed by atoms with E-state index in [9.17, 15) is 28.9 Å². The number of phosphoric ester groups is 1. The van der Waals surface area contributed by atoms with Crippen LogP contribution in [0.25, 0.3) is 0 Å². The van der Waals surface area contributed by atoms with Crippen molar-refractivity contribution in [3.8, 4) is 0 Å².